The van der Waals surface area contributed by atoms with Crippen LogP contribution in [0.15, 0.2) is 0 Å². The van der Waals surface area contributed by atoms with Crippen molar-refractivity contribution in [1.29, 1.82) is 0 Å². The molecule has 0 aliphatic carbocycles. The van der Waals surface area contributed by atoms with Gasteiger partial charge < -0.3 is 15.5 Å². The number of carboxylic acids is 1. The molecule has 3 N–H and O–H groups in total. The molecule has 0 fully saturated rings. The summed E-state index contributed by atoms with van der Waals surface area (Å²) >= 11 is 0. The van der Waals surface area contributed by atoms with Gasteiger partial charge in [-0.2, -0.15) is 0 Å². The lowest BCUT2D eigenvalue weighted by Gasteiger charge is -2.24. The van der Waals surface area contributed by atoms with Crippen molar-refractivity contribution in [2.45, 2.75) is 32.3 Å². The minimum atomic E-state index is -0.863. The van der Waals surface area contributed by atoms with Crippen LogP contribution in [-0.4, -0.2) is 59.3 Å². The smallest absolute Gasteiger partial charge is 0.303 e. The maximum Gasteiger partial charge on any atom is 0.303 e. The molecule has 6 nitrogen and oxygen atoms in total. The summed E-state index contributed by atoms with van der Waals surface area (Å²) in [7, 11) is 1.74. The third-order valence-electron chi connectivity index (χ3n) is 1.96. The number of likely N-dealkylation sites (N-methyl/N-ethyl adjacent to an activating group) is 1. The predicted octanol–water partition coefficient (Wildman–Crippen LogP) is -0.330. The van der Waals surface area contributed by atoms with Crippen molar-refractivity contribution in [1.82, 2.24) is 10.2 Å². The van der Waals surface area contributed by atoms with Crippen molar-refractivity contribution < 1.29 is 19.8 Å². The van der Waals surface area contributed by atoms with Gasteiger partial charge in [0.15, 0.2) is 0 Å². The van der Waals surface area contributed by atoms with E-state index in [9.17, 15) is 14.7 Å². The number of amides is 1. The topological polar surface area (TPSA) is 89.9 Å². The first-order valence-corrected chi connectivity index (χ1v) is 5.60. The number of carbonyl (C=O) groups excluding carboxylic acids is 1. The number of carbonyl (C=O) groups is 2. The molecule has 17 heavy (non-hydrogen) atoms. The summed E-state index contributed by atoms with van der Waals surface area (Å²) in [6, 6.07) is 0. The number of hydrogen-bond donors (Lipinski definition) is 3. The van der Waals surface area contributed by atoms with Gasteiger partial charge in [-0.15, -0.1) is 0 Å². The van der Waals surface area contributed by atoms with Gasteiger partial charge in [-0.1, -0.05) is 0 Å². The van der Waals surface area contributed by atoms with Crippen LogP contribution in [0.5, 0.6) is 0 Å². The first-order chi connectivity index (χ1) is 7.70. The van der Waals surface area contributed by atoms with Crippen molar-refractivity contribution in [3.63, 3.8) is 0 Å². The summed E-state index contributed by atoms with van der Waals surface area (Å²) < 4.78 is 0. The molecule has 1 amide bonds. The van der Waals surface area contributed by atoms with Crippen LogP contribution < -0.4 is 5.32 Å². The van der Waals surface area contributed by atoms with E-state index in [4.69, 9.17) is 5.11 Å². The number of aliphatic carboxylic acids is 1. The fourth-order valence-corrected chi connectivity index (χ4v) is 1.48. The lowest BCUT2D eigenvalue weighted by Crippen LogP contribution is -2.42. The van der Waals surface area contributed by atoms with Crippen LogP contribution in [-0.2, 0) is 9.59 Å². The second kappa shape index (κ2) is 7.24. The van der Waals surface area contributed by atoms with Crippen molar-refractivity contribution >= 4 is 11.9 Å². The van der Waals surface area contributed by atoms with Crippen LogP contribution in [0, 0.1) is 0 Å². The van der Waals surface area contributed by atoms with Gasteiger partial charge in [0, 0.05) is 19.5 Å². The summed E-state index contributed by atoms with van der Waals surface area (Å²) in [4.78, 5) is 23.3. The number of aliphatic hydroxyl groups is 1. The molecule has 0 aliphatic rings. The van der Waals surface area contributed by atoms with E-state index in [-0.39, 0.29) is 18.9 Å². The molecule has 0 bridgehead atoms. The molecule has 0 unspecified atom stereocenters. The van der Waals surface area contributed by atoms with Crippen molar-refractivity contribution in [2.24, 2.45) is 0 Å². The molecule has 0 aromatic rings. The van der Waals surface area contributed by atoms with Gasteiger partial charge >= 0.3 is 5.97 Å². The van der Waals surface area contributed by atoms with E-state index in [0.29, 0.717) is 19.5 Å². The molecule has 0 radical (unpaired) electrons. The first kappa shape index (κ1) is 15.9. The Hall–Kier alpha value is -1.14. The van der Waals surface area contributed by atoms with Crippen molar-refractivity contribution in [3.8, 4) is 0 Å². The molecule has 0 saturated heterocycles. The summed E-state index contributed by atoms with van der Waals surface area (Å²) in [5.74, 6) is -1.03. The Kier molecular flexibility index (Phi) is 6.75. The van der Waals surface area contributed by atoms with Gasteiger partial charge in [0.1, 0.15) is 0 Å². The van der Waals surface area contributed by atoms with Crippen LogP contribution in [0.4, 0.5) is 0 Å². The molecule has 0 heterocycles. The standard InChI is InChI=1S/C11H22N2O4/c1-11(2,17)8-13(3)7-9(14)12-6-4-5-10(15)16/h17H,4-8H2,1-3H3,(H,12,14)(H,15,16). The van der Waals surface area contributed by atoms with Crippen molar-refractivity contribution in [2.75, 3.05) is 26.7 Å². The fraction of sp³-hybridized carbons (Fsp3) is 0.818. The Morgan fingerprint density at radius 2 is 1.94 bits per heavy atom. The zero-order chi connectivity index (χ0) is 13.5. The highest BCUT2D eigenvalue weighted by Crippen LogP contribution is 2.02. The van der Waals surface area contributed by atoms with Crippen LogP contribution >= 0.6 is 0 Å². The Morgan fingerprint density at radius 3 is 2.41 bits per heavy atom. The van der Waals surface area contributed by atoms with Gasteiger partial charge in [-0.25, -0.2) is 0 Å². The Bertz CT molecular complexity index is 261. The lowest BCUT2D eigenvalue weighted by atomic mass is 10.1. The largest absolute Gasteiger partial charge is 0.481 e. The summed E-state index contributed by atoms with van der Waals surface area (Å²) in [5, 5.41) is 20.6. The van der Waals surface area contributed by atoms with Crippen LogP contribution in [0.25, 0.3) is 0 Å². The molecular formula is C11H22N2O4. The van der Waals surface area contributed by atoms with E-state index in [2.05, 4.69) is 5.32 Å². The second-order valence-corrected chi connectivity index (χ2v) is 4.83. The molecule has 6 heteroatoms. The highest BCUT2D eigenvalue weighted by atomic mass is 16.4. The quantitative estimate of drug-likeness (QED) is 0.510. The van der Waals surface area contributed by atoms with E-state index in [1.165, 1.54) is 0 Å². The summed E-state index contributed by atoms with van der Waals surface area (Å²) in [6.45, 7) is 4.30. The van der Waals surface area contributed by atoms with E-state index in [1.807, 2.05) is 0 Å². The maximum atomic E-state index is 11.4. The zero-order valence-corrected chi connectivity index (χ0v) is 10.7. The molecule has 0 spiro atoms. The summed E-state index contributed by atoms with van der Waals surface area (Å²) in [5.41, 5.74) is -0.835. The van der Waals surface area contributed by atoms with Gasteiger partial charge in [-0.3, -0.25) is 14.5 Å². The number of rotatable bonds is 8. The van der Waals surface area contributed by atoms with Crippen LogP contribution in [0.3, 0.4) is 0 Å². The normalized spacial score (nSPS) is 11.6. The van der Waals surface area contributed by atoms with Crippen LogP contribution in [0.2, 0.25) is 0 Å². The maximum absolute atomic E-state index is 11.4. The number of hydrogen-bond acceptors (Lipinski definition) is 4. The Morgan fingerprint density at radius 1 is 1.35 bits per heavy atom. The van der Waals surface area contributed by atoms with Crippen LogP contribution in [0.1, 0.15) is 26.7 Å². The average molecular weight is 246 g/mol. The monoisotopic (exact) mass is 246 g/mol. The minimum absolute atomic E-state index is 0.0553. The molecule has 0 saturated carbocycles. The Balaban J connectivity index is 3.68. The van der Waals surface area contributed by atoms with E-state index >= 15 is 0 Å². The molecule has 0 aliphatic heterocycles. The third-order valence-corrected chi connectivity index (χ3v) is 1.96. The average Bonchev–Trinajstić information content (AvgIpc) is 2.08. The first-order valence-electron chi connectivity index (χ1n) is 5.60. The van der Waals surface area contributed by atoms with Gasteiger partial charge in [0.25, 0.3) is 0 Å². The Labute approximate surface area is 102 Å². The van der Waals surface area contributed by atoms with E-state index < -0.39 is 11.6 Å². The number of carboxylic acid groups (broad SMARTS) is 1. The molecule has 0 aromatic heterocycles. The summed E-state index contributed by atoms with van der Waals surface area (Å²) in [6.07, 6.45) is 0.482. The van der Waals surface area contributed by atoms with Gasteiger partial charge in [0.2, 0.25) is 5.91 Å². The van der Waals surface area contributed by atoms with E-state index in [1.54, 1.807) is 25.8 Å². The van der Waals surface area contributed by atoms with Gasteiger partial charge in [0.05, 0.1) is 12.1 Å². The van der Waals surface area contributed by atoms with E-state index in [0.717, 1.165) is 0 Å². The molecule has 100 valence electrons. The molecule has 0 aromatic carbocycles. The molecule has 0 atom stereocenters. The highest BCUT2D eigenvalue weighted by Gasteiger charge is 2.17. The van der Waals surface area contributed by atoms with Gasteiger partial charge in [-0.05, 0) is 27.3 Å². The lowest BCUT2D eigenvalue weighted by molar-refractivity contribution is -0.137. The minimum Gasteiger partial charge on any atom is -0.481 e. The number of nitrogens with one attached hydrogen (secondary N) is 1. The predicted molar refractivity (Wildman–Crippen MR) is 63.7 cm³/mol. The zero-order valence-electron chi connectivity index (χ0n) is 10.7. The SMILES string of the molecule is CN(CC(=O)NCCCC(=O)O)CC(C)(C)O. The third kappa shape index (κ3) is 11.1. The molecular weight excluding hydrogens is 224 g/mol. The van der Waals surface area contributed by atoms with Crippen molar-refractivity contribution in [3.05, 3.63) is 0 Å². The second-order valence-electron chi connectivity index (χ2n) is 4.83. The highest BCUT2D eigenvalue weighted by molar-refractivity contribution is 5.78. The number of nitrogens with zero attached hydrogens (tertiary/aromatic N) is 1. The fourth-order valence-electron chi connectivity index (χ4n) is 1.48. The molecule has 0 rings (SSSR count).